The number of carboxylic acids is 1. The average Bonchev–Trinajstić information content (AvgIpc) is 2.70. The standard InChI is InChI=1S/C14H15NO2S2/c1-10-12(9-13(16)17)19-14(15-10)18-8-7-11-5-3-2-4-6-11/h2-6H,7-9H2,1H3,(H,16,17). The summed E-state index contributed by atoms with van der Waals surface area (Å²) in [6.45, 7) is 1.87. The lowest BCUT2D eigenvalue weighted by atomic mass is 10.2. The number of nitrogens with zero attached hydrogens (tertiary/aromatic N) is 1. The molecular weight excluding hydrogens is 278 g/mol. The predicted molar refractivity (Wildman–Crippen MR) is 79.1 cm³/mol. The second-order valence-electron chi connectivity index (χ2n) is 4.14. The highest BCUT2D eigenvalue weighted by molar-refractivity contribution is 8.01. The topological polar surface area (TPSA) is 50.2 Å². The molecule has 2 rings (SSSR count). The molecule has 19 heavy (non-hydrogen) atoms. The lowest BCUT2D eigenvalue weighted by molar-refractivity contribution is -0.136. The molecule has 100 valence electrons. The molecule has 0 unspecified atom stereocenters. The Labute approximate surface area is 120 Å². The van der Waals surface area contributed by atoms with Gasteiger partial charge in [-0.2, -0.15) is 0 Å². The maximum Gasteiger partial charge on any atom is 0.308 e. The van der Waals surface area contributed by atoms with Crippen molar-refractivity contribution in [3.8, 4) is 0 Å². The van der Waals surface area contributed by atoms with Crippen LogP contribution in [-0.4, -0.2) is 21.8 Å². The Balaban J connectivity index is 1.88. The molecule has 0 amide bonds. The minimum atomic E-state index is -0.799. The fraction of sp³-hybridized carbons (Fsp3) is 0.286. The molecule has 5 heteroatoms. The summed E-state index contributed by atoms with van der Waals surface area (Å²) < 4.78 is 0.963. The second kappa shape index (κ2) is 6.73. The van der Waals surface area contributed by atoms with E-state index in [1.54, 1.807) is 11.8 Å². The van der Waals surface area contributed by atoms with Crippen LogP contribution >= 0.6 is 23.1 Å². The van der Waals surface area contributed by atoms with E-state index in [0.29, 0.717) is 0 Å². The maximum atomic E-state index is 10.7. The van der Waals surface area contributed by atoms with Crippen LogP contribution in [0.15, 0.2) is 34.7 Å². The van der Waals surface area contributed by atoms with Crippen LogP contribution in [0.4, 0.5) is 0 Å². The predicted octanol–water partition coefficient (Wildman–Crippen LogP) is 3.41. The smallest absolute Gasteiger partial charge is 0.308 e. The first kappa shape index (κ1) is 14.1. The van der Waals surface area contributed by atoms with E-state index in [1.807, 2.05) is 25.1 Å². The summed E-state index contributed by atoms with van der Waals surface area (Å²) >= 11 is 3.19. The van der Waals surface area contributed by atoms with Gasteiger partial charge in [-0.1, -0.05) is 42.1 Å². The third-order valence-corrected chi connectivity index (χ3v) is 4.95. The van der Waals surface area contributed by atoms with Crippen LogP contribution in [0.2, 0.25) is 0 Å². The van der Waals surface area contributed by atoms with E-state index >= 15 is 0 Å². The second-order valence-corrected chi connectivity index (χ2v) is 6.57. The molecule has 1 N–H and O–H groups in total. The largest absolute Gasteiger partial charge is 0.481 e. The van der Waals surface area contributed by atoms with Crippen molar-refractivity contribution in [2.24, 2.45) is 0 Å². The number of thiazole rings is 1. The summed E-state index contributed by atoms with van der Waals surface area (Å²) in [6, 6.07) is 10.3. The summed E-state index contributed by atoms with van der Waals surface area (Å²) in [4.78, 5) is 16.0. The van der Waals surface area contributed by atoms with Crippen molar-refractivity contribution in [1.29, 1.82) is 0 Å². The van der Waals surface area contributed by atoms with Gasteiger partial charge in [-0.25, -0.2) is 4.98 Å². The van der Waals surface area contributed by atoms with Crippen molar-refractivity contribution in [2.45, 2.75) is 24.1 Å². The fourth-order valence-corrected chi connectivity index (χ4v) is 3.95. The molecule has 1 aromatic carbocycles. The number of carboxylic acid groups (broad SMARTS) is 1. The number of hydrogen-bond acceptors (Lipinski definition) is 4. The summed E-state index contributed by atoms with van der Waals surface area (Å²) in [7, 11) is 0. The minimum Gasteiger partial charge on any atom is -0.481 e. The Morgan fingerprint density at radius 3 is 2.79 bits per heavy atom. The monoisotopic (exact) mass is 293 g/mol. The van der Waals surface area contributed by atoms with E-state index in [2.05, 4.69) is 17.1 Å². The molecular formula is C14H15NO2S2. The van der Waals surface area contributed by atoms with Crippen LogP contribution in [0.25, 0.3) is 0 Å². The number of thioether (sulfide) groups is 1. The molecule has 0 radical (unpaired) electrons. The summed E-state index contributed by atoms with van der Waals surface area (Å²) in [6.07, 6.45) is 1.07. The zero-order valence-electron chi connectivity index (χ0n) is 10.6. The molecule has 1 heterocycles. The zero-order chi connectivity index (χ0) is 13.7. The minimum absolute atomic E-state index is 0.0722. The van der Waals surface area contributed by atoms with Gasteiger partial charge in [-0.15, -0.1) is 11.3 Å². The van der Waals surface area contributed by atoms with Crippen LogP contribution in [0.1, 0.15) is 16.1 Å². The van der Waals surface area contributed by atoms with Crippen LogP contribution in [0.5, 0.6) is 0 Å². The Hall–Kier alpha value is -1.33. The molecule has 0 atom stereocenters. The Morgan fingerprint density at radius 2 is 2.11 bits per heavy atom. The zero-order valence-corrected chi connectivity index (χ0v) is 12.3. The number of hydrogen-bond donors (Lipinski definition) is 1. The van der Waals surface area contributed by atoms with Crippen molar-refractivity contribution in [1.82, 2.24) is 4.98 Å². The number of aliphatic carboxylic acids is 1. The van der Waals surface area contributed by atoms with Crippen molar-refractivity contribution in [3.05, 3.63) is 46.5 Å². The van der Waals surface area contributed by atoms with E-state index < -0.39 is 5.97 Å². The molecule has 0 spiro atoms. The van der Waals surface area contributed by atoms with Crippen LogP contribution in [0, 0.1) is 6.92 Å². The van der Waals surface area contributed by atoms with Crippen molar-refractivity contribution >= 4 is 29.1 Å². The quantitative estimate of drug-likeness (QED) is 0.829. The molecule has 0 bridgehead atoms. The lowest BCUT2D eigenvalue weighted by Gasteiger charge is -1.98. The van der Waals surface area contributed by atoms with Crippen LogP contribution < -0.4 is 0 Å². The number of aromatic nitrogens is 1. The average molecular weight is 293 g/mol. The highest BCUT2D eigenvalue weighted by Crippen LogP contribution is 2.28. The van der Waals surface area contributed by atoms with E-state index in [-0.39, 0.29) is 6.42 Å². The highest BCUT2D eigenvalue weighted by Gasteiger charge is 2.11. The molecule has 0 saturated carbocycles. The number of benzene rings is 1. The van der Waals surface area contributed by atoms with Crippen molar-refractivity contribution in [3.63, 3.8) is 0 Å². The molecule has 0 aliphatic heterocycles. The summed E-state index contributed by atoms with van der Waals surface area (Å²) in [5.41, 5.74) is 2.16. The fourth-order valence-electron chi connectivity index (χ4n) is 1.67. The molecule has 3 nitrogen and oxygen atoms in total. The van der Waals surface area contributed by atoms with E-state index in [4.69, 9.17) is 5.11 Å². The SMILES string of the molecule is Cc1nc(SCCc2ccccc2)sc1CC(=O)O. The molecule has 2 aromatic rings. The van der Waals surface area contributed by atoms with E-state index in [0.717, 1.165) is 27.1 Å². The lowest BCUT2D eigenvalue weighted by Crippen LogP contribution is -1.99. The van der Waals surface area contributed by atoms with Gasteiger partial charge in [0.25, 0.3) is 0 Å². The Morgan fingerprint density at radius 1 is 1.37 bits per heavy atom. The van der Waals surface area contributed by atoms with Gasteiger partial charge in [-0.3, -0.25) is 4.79 Å². The first-order valence-corrected chi connectivity index (χ1v) is 7.80. The van der Waals surface area contributed by atoms with Gasteiger partial charge in [0, 0.05) is 10.6 Å². The first-order chi connectivity index (χ1) is 9.15. The normalized spacial score (nSPS) is 10.6. The molecule has 0 aliphatic rings. The number of rotatable bonds is 6. The first-order valence-electron chi connectivity index (χ1n) is 6.00. The maximum absolute atomic E-state index is 10.7. The molecule has 0 saturated heterocycles. The summed E-state index contributed by atoms with van der Waals surface area (Å²) in [5, 5.41) is 8.80. The number of carbonyl (C=O) groups is 1. The number of aryl methyl sites for hydroxylation is 2. The Kier molecular flexibility index (Phi) is 4.99. The van der Waals surface area contributed by atoms with Crippen molar-refractivity contribution < 1.29 is 9.90 Å². The van der Waals surface area contributed by atoms with Gasteiger partial charge >= 0.3 is 5.97 Å². The van der Waals surface area contributed by atoms with Gasteiger partial charge in [0.1, 0.15) is 4.34 Å². The van der Waals surface area contributed by atoms with Gasteiger partial charge in [0.15, 0.2) is 0 Å². The molecule has 0 fully saturated rings. The van der Waals surface area contributed by atoms with E-state index in [9.17, 15) is 4.79 Å². The summed E-state index contributed by atoms with van der Waals surface area (Å²) in [5.74, 6) is 0.163. The third kappa shape index (κ3) is 4.36. The van der Waals surface area contributed by atoms with Crippen molar-refractivity contribution in [2.75, 3.05) is 5.75 Å². The van der Waals surface area contributed by atoms with Crippen LogP contribution in [0.3, 0.4) is 0 Å². The molecule has 0 aliphatic carbocycles. The third-order valence-electron chi connectivity index (χ3n) is 2.64. The highest BCUT2D eigenvalue weighted by atomic mass is 32.2. The Bertz CT molecular complexity index is 552. The van der Waals surface area contributed by atoms with Gasteiger partial charge in [0.05, 0.1) is 12.1 Å². The van der Waals surface area contributed by atoms with Gasteiger partial charge < -0.3 is 5.11 Å². The van der Waals surface area contributed by atoms with E-state index in [1.165, 1.54) is 16.9 Å². The molecule has 1 aromatic heterocycles. The van der Waals surface area contributed by atoms with Crippen LogP contribution in [-0.2, 0) is 17.6 Å². The van der Waals surface area contributed by atoms with Gasteiger partial charge in [-0.05, 0) is 18.9 Å². The van der Waals surface area contributed by atoms with Gasteiger partial charge in [0.2, 0.25) is 0 Å².